The van der Waals surface area contributed by atoms with Crippen LogP contribution in [0.3, 0.4) is 0 Å². The Morgan fingerprint density at radius 1 is 1.29 bits per heavy atom. The first kappa shape index (κ1) is 18.4. The summed E-state index contributed by atoms with van der Waals surface area (Å²) in [6.07, 6.45) is 2.12. The van der Waals surface area contributed by atoms with Crippen molar-refractivity contribution in [2.24, 2.45) is 0 Å². The Hall–Kier alpha value is -2.93. The van der Waals surface area contributed by atoms with E-state index in [0.717, 1.165) is 18.5 Å². The summed E-state index contributed by atoms with van der Waals surface area (Å²) in [5.41, 5.74) is 1.63. The van der Waals surface area contributed by atoms with Crippen LogP contribution in [0.5, 0.6) is 0 Å². The molecule has 0 saturated heterocycles. The van der Waals surface area contributed by atoms with Crippen molar-refractivity contribution in [1.29, 1.82) is 0 Å². The summed E-state index contributed by atoms with van der Waals surface area (Å²) in [5, 5.41) is 7.80. The molecule has 28 heavy (non-hydrogen) atoms. The van der Waals surface area contributed by atoms with Crippen molar-refractivity contribution in [1.82, 2.24) is 19.7 Å². The summed E-state index contributed by atoms with van der Waals surface area (Å²) in [4.78, 5) is 32.1. The number of anilines is 1. The summed E-state index contributed by atoms with van der Waals surface area (Å²) >= 11 is 6.14. The number of halogens is 1. The molecule has 8 heteroatoms. The maximum absolute atomic E-state index is 12.7. The minimum Gasteiger partial charge on any atom is -0.306 e. The zero-order valence-electron chi connectivity index (χ0n) is 15.6. The van der Waals surface area contributed by atoms with Gasteiger partial charge in [-0.05, 0) is 30.9 Å². The molecule has 144 valence electrons. The molecule has 0 radical (unpaired) electrons. The molecule has 1 amide bonds. The van der Waals surface area contributed by atoms with Gasteiger partial charge in [-0.3, -0.25) is 14.6 Å². The number of rotatable bonds is 5. The number of hydrogen-bond donors (Lipinski definition) is 2. The third-order valence-electron chi connectivity index (χ3n) is 4.63. The van der Waals surface area contributed by atoms with E-state index in [1.165, 1.54) is 10.7 Å². The van der Waals surface area contributed by atoms with Crippen LogP contribution >= 0.6 is 11.6 Å². The van der Waals surface area contributed by atoms with Crippen LogP contribution in [0.15, 0.2) is 41.2 Å². The summed E-state index contributed by atoms with van der Waals surface area (Å²) in [7, 11) is 0. The van der Waals surface area contributed by atoms with Crippen LogP contribution in [0.2, 0.25) is 5.02 Å². The Bertz CT molecular complexity index is 1100. The molecule has 2 heterocycles. The molecule has 0 spiro atoms. The fourth-order valence-electron chi connectivity index (χ4n) is 2.92. The Balaban J connectivity index is 1.75. The van der Waals surface area contributed by atoms with Gasteiger partial charge in [-0.1, -0.05) is 37.6 Å². The highest BCUT2D eigenvalue weighted by Gasteiger charge is 2.28. The molecule has 0 bridgehead atoms. The van der Waals surface area contributed by atoms with Gasteiger partial charge in [0.15, 0.2) is 0 Å². The average molecular weight is 398 g/mol. The maximum Gasteiger partial charge on any atom is 0.258 e. The predicted molar refractivity (Wildman–Crippen MR) is 107 cm³/mol. The molecule has 0 atom stereocenters. The van der Waals surface area contributed by atoms with E-state index in [-0.39, 0.29) is 23.3 Å². The van der Waals surface area contributed by atoms with Crippen molar-refractivity contribution in [3.05, 3.63) is 68.7 Å². The van der Waals surface area contributed by atoms with Gasteiger partial charge in [0, 0.05) is 18.1 Å². The van der Waals surface area contributed by atoms with Crippen molar-refractivity contribution >= 4 is 23.3 Å². The van der Waals surface area contributed by atoms with Crippen molar-refractivity contribution in [2.75, 3.05) is 5.32 Å². The third kappa shape index (κ3) is 3.71. The third-order valence-corrected chi connectivity index (χ3v) is 4.95. The van der Waals surface area contributed by atoms with Gasteiger partial charge in [0.05, 0.1) is 22.0 Å². The van der Waals surface area contributed by atoms with Crippen LogP contribution in [0.25, 0.3) is 5.95 Å². The summed E-state index contributed by atoms with van der Waals surface area (Å²) in [6.45, 7) is 3.93. The van der Waals surface area contributed by atoms with Crippen LogP contribution in [0.4, 0.5) is 5.82 Å². The summed E-state index contributed by atoms with van der Waals surface area (Å²) < 4.78 is 1.48. The van der Waals surface area contributed by atoms with Crippen LogP contribution in [-0.4, -0.2) is 25.7 Å². The lowest BCUT2D eigenvalue weighted by atomic mass is 10.1. The van der Waals surface area contributed by atoms with Gasteiger partial charge in [-0.25, -0.2) is 4.98 Å². The van der Waals surface area contributed by atoms with Gasteiger partial charge < -0.3 is 5.32 Å². The van der Waals surface area contributed by atoms with E-state index in [4.69, 9.17) is 11.6 Å². The number of carbonyl (C=O) groups excluding carboxylic acids is 1. The monoisotopic (exact) mass is 397 g/mol. The van der Waals surface area contributed by atoms with Crippen LogP contribution in [0, 0.1) is 0 Å². The maximum atomic E-state index is 12.7. The van der Waals surface area contributed by atoms with E-state index in [1.807, 2.05) is 19.9 Å². The lowest BCUT2D eigenvalue weighted by Crippen LogP contribution is -2.19. The van der Waals surface area contributed by atoms with E-state index >= 15 is 0 Å². The molecule has 1 aliphatic rings. The normalized spacial score (nSPS) is 13.7. The molecular formula is C20H20ClN5O2. The van der Waals surface area contributed by atoms with Gasteiger partial charge in [-0.15, -0.1) is 0 Å². The molecule has 2 aromatic heterocycles. The SMILES string of the molecule is CC(C)c1cc(=O)[nH]c(-n2nc(C3CC3)cc2NC(=O)c2ccccc2Cl)n1. The Kier molecular flexibility index (Phi) is 4.77. The number of benzene rings is 1. The van der Waals surface area contributed by atoms with Gasteiger partial charge in [0.1, 0.15) is 5.82 Å². The molecule has 3 aromatic rings. The van der Waals surface area contributed by atoms with E-state index in [9.17, 15) is 9.59 Å². The first-order valence-electron chi connectivity index (χ1n) is 9.20. The topological polar surface area (TPSA) is 92.7 Å². The van der Waals surface area contributed by atoms with E-state index in [1.54, 1.807) is 24.3 Å². The summed E-state index contributed by atoms with van der Waals surface area (Å²) in [6, 6.07) is 10.1. The fourth-order valence-corrected chi connectivity index (χ4v) is 3.14. The highest BCUT2D eigenvalue weighted by molar-refractivity contribution is 6.34. The van der Waals surface area contributed by atoms with Crippen molar-refractivity contribution < 1.29 is 4.79 Å². The Labute approximate surface area is 166 Å². The number of nitrogens with one attached hydrogen (secondary N) is 2. The zero-order valence-corrected chi connectivity index (χ0v) is 16.3. The second-order valence-corrected chi connectivity index (χ2v) is 7.63. The van der Waals surface area contributed by atoms with Crippen LogP contribution < -0.4 is 10.9 Å². The minimum absolute atomic E-state index is 0.0840. The molecule has 7 nitrogen and oxygen atoms in total. The molecule has 1 saturated carbocycles. The predicted octanol–water partition coefficient (Wildman–Crippen LogP) is 3.86. The van der Waals surface area contributed by atoms with E-state index < -0.39 is 0 Å². The number of amides is 1. The lowest BCUT2D eigenvalue weighted by molar-refractivity contribution is 0.102. The number of aromatic amines is 1. The molecule has 0 aliphatic heterocycles. The van der Waals surface area contributed by atoms with Crippen molar-refractivity contribution in [3.63, 3.8) is 0 Å². The zero-order chi connectivity index (χ0) is 19.8. The number of nitrogens with zero attached hydrogens (tertiary/aromatic N) is 3. The van der Waals surface area contributed by atoms with E-state index in [0.29, 0.717) is 28.0 Å². The highest BCUT2D eigenvalue weighted by atomic mass is 35.5. The highest BCUT2D eigenvalue weighted by Crippen LogP contribution is 2.40. The summed E-state index contributed by atoms with van der Waals surface area (Å²) in [5.74, 6) is 0.822. The largest absolute Gasteiger partial charge is 0.306 e. The van der Waals surface area contributed by atoms with Gasteiger partial charge in [0.25, 0.3) is 11.5 Å². The molecule has 1 aromatic carbocycles. The van der Waals surface area contributed by atoms with Crippen molar-refractivity contribution in [3.8, 4) is 5.95 Å². The van der Waals surface area contributed by atoms with Crippen LogP contribution in [-0.2, 0) is 0 Å². The first-order valence-corrected chi connectivity index (χ1v) is 9.57. The smallest absolute Gasteiger partial charge is 0.258 e. The van der Waals surface area contributed by atoms with Crippen molar-refractivity contribution in [2.45, 2.75) is 38.5 Å². The van der Waals surface area contributed by atoms with Gasteiger partial charge >= 0.3 is 0 Å². The van der Waals surface area contributed by atoms with E-state index in [2.05, 4.69) is 20.4 Å². The Morgan fingerprint density at radius 2 is 2.04 bits per heavy atom. The Morgan fingerprint density at radius 3 is 2.71 bits per heavy atom. The number of hydrogen-bond acceptors (Lipinski definition) is 4. The standard InChI is InChI=1S/C20H20ClN5O2/c1-11(2)15-10-18(27)24-20(22-15)26-17(9-16(25-26)12-7-8-12)23-19(28)13-5-3-4-6-14(13)21/h3-6,9-12H,7-8H2,1-2H3,(H,23,28)(H,22,24,27). The number of aromatic nitrogens is 4. The second kappa shape index (κ2) is 7.24. The van der Waals surface area contributed by atoms with Gasteiger partial charge in [0.2, 0.25) is 5.95 Å². The molecular weight excluding hydrogens is 378 g/mol. The number of carbonyl (C=O) groups is 1. The molecule has 4 rings (SSSR count). The molecule has 0 unspecified atom stereocenters. The minimum atomic E-state index is -0.351. The molecule has 1 aliphatic carbocycles. The fraction of sp³-hybridized carbons (Fsp3) is 0.300. The van der Waals surface area contributed by atoms with Gasteiger partial charge in [-0.2, -0.15) is 9.78 Å². The first-order chi connectivity index (χ1) is 13.4. The second-order valence-electron chi connectivity index (χ2n) is 7.22. The van der Waals surface area contributed by atoms with Crippen LogP contribution in [0.1, 0.15) is 60.3 Å². The molecule has 2 N–H and O–H groups in total. The number of H-pyrrole nitrogens is 1. The average Bonchev–Trinajstić information content (AvgIpc) is 3.42. The molecule has 1 fully saturated rings. The lowest BCUT2D eigenvalue weighted by Gasteiger charge is -2.10. The quantitative estimate of drug-likeness (QED) is 0.683.